The van der Waals surface area contributed by atoms with E-state index in [2.05, 4.69) is 22.2 Å². The van der Waals surface area contributed by atoms with E-state index in [-0.39, 0.29) is 40.0 Å². The van der Waals surface area contributed by atoms with Gasteiger partial charge in [-0.25, -0.2) is 18.0 Å². The summed E-state index contributed by atoms with van der Waals surface area (Å²) in [5.74, 6) is -1.24. The van der Waals surface area contributed by atoms with Crippen molar-refractivity contribution < 1.29 is 27.9 Å². The van der Waals surface area contributed by atoms with Crippen LogP contribution >= 0.6 is 0 Å². The highest BCUT2D eigenvalue weighted by molar-refractivity contribution is 7.92. The second kappa shape index (κ2) is 9.16. The van der Waals surface area contributed by atoms with Crippen LogP contribution in [0, 0.1) is 5.92 Å². The number of sulfonamides is 1. The first-order valence-corrected chi connectivity index (χ1v) is 12.9. The van der Waals surface area contributed by atoms with Gasteiger partial charge < -0.3 is 15.2 Å². The molecule has 8 nitrogen and oxygen atoms in total. The number of anilines is 2. The minimum absolute atomic E-state index is 0.00229. The van der Waals surface area contributed by atoms with Gasteiger partial charge in [-0.3, -0.25) is 4.72 Å². The van der Waals surface area contributed by atoms with Gasteiger partial charge in [0.05, 0.1) is 29.2 Å². The molecule has 3 N–H and O–H groups in total. The summed E-state index contributed by atoms with van der Waals surface area (Å²) in [6, 6.07) is 17.9. The largest absolute Gasteiger partial charge is 0.478 e. The number of hydrogen-bond donors (Lipinski definition) is 3. The van der Waals surface area contributed by atoms with Crippen LogP contribution in [0.3, 0.4) is 0 Å². The normalized spacial score (nSPS) is 20.1. The molecule has 184 valence electrons. The Hall–Kier alpha value is -4.11. The van der Waals surface area contributed by atoms with Gasteiger partial charge in [0.15, 0.2) is 0 Å². The van der Waals surface area contributed by atoms with E-state index >= 15 is 0 Å². The van der Waals surface area contributed by atoms with Crippen molar-refractivity contribution in [2.75, 3.05) is 17.1 Å². The van der Waals surface area contributed by atoms with E-state index in [4.69, 9.17) is 9.84 Å². The van der Waals surface area contributed by atoms with Crippen molar-refractivity contribution in [2.45, 2.75) is 23.3 Å². The molecule has 0 amide bonds. The molecule has 1 heterocycles. The SMILES string of the molecule is COC(=O)c1ccc([C@H]2Nc3ccc(S(=O)(=O)Nc4ccc(C(=O)O)cc4)cc3[C@H]3C=CC[C@H]32)cc1. The topological polar surface area (TPSA) is 122 Å². The number of hydrogen-bond acceptors (Lipinski definition) is 6. The summed E-state index contributed by atoms with van der Waals surface area (Å²) in [7, 11) is -2.53. The van der Waals surface area contributed by atoms with Crippen molar-refractivity contribution >= 4 is 33.3 Å². The van der Waals surface area contributed by atoms with E-state index in [1.165, 1.54) is 31.4 Å². The molecule has 9 heteroatoms. The number of fused-ring (bicyclic) bond motifs is 3. The molecular formula is C27H24N2O6S. The molecule has 0 saturated carbocycles. The number of carbonyl (C=O) groups is 2. The molecule has 1 aliphatic carbocycles. The maximum Gasteiger partial charge on any atom is 0.337 e. The van der Waals surface area contributed by atoms with Gasteiger partial charge in [-0.15, -0.1) is 0 Å². The lowest BCUT2D eigenvalue weighted by Gasteiger charge is -2.37. The first kappa shape index (κ1) is 23.6. The van der Waals surface area contributed by atoms with Crippen LogP contribution in [-0.4, -0.2) is 32.6 Å². The number of methoxy groups -OCH3 is 1. The van der Waals surface area contributed by atoms with Crippen LogP contribution in [0.4, 0.5) is 11.4 Å². The van der Waals surface area contributed by atoms with Gasteiger partial charge in [-0.1, -0.05) is 24.3 Å². The fourth-order valence-electron chi connectivity index (χ4n) is 4.91. The van der Waals surface area contributed by atoms with Gasteiger partial charge in [0.2, 0.25) is 0 Å². The van der Waals surface area contributed by atoms with Gasteiger partial charge >= 0.3 is 11.9 Å². The Morgan fingerprint density at radius 2 is 1.69 bits per heavy atom. The lowest BCUT2D eigenvalue weighted by atomic mass is 9.77. The number of carboxylic acids is 1. The number of allylic oxidation sites excluding steroid dienone is 2. The Balaban J connectivity index is 1.42. The van der Waals surface area contributed by atoms with E-state index in [1.54, 1.807) is 30.3 Å². The molecule has 0 aromatic heterocycles. The highest BCUT2D eigenvalue weighted by Crippen LogP contribution is 2.50. The summed E-state index contributed by atoms with van der Waals surface area (Å²) in [6.45, 7) is 0. The van der Waals surface area contributed by atoms with Crippen molar-refractivity contribution in [1.82, 2.24) is 0 Å². The Kier molecular flexibility index (Phi) is 6.01. The van der Waals surface area contributed by atoms with E-state index in [0.29, 0.717) is 5.56 Å². The summed E-state index contributed by atoms with van der Waals surface area (Å²) in [5.41, 5.74) is 3.64. The fraction of sp³-hybridized carbons (Fsp3) is 0.185. The second-order valence-corrected chi connectivity index (χ2v) is 10.5. The zero-order chi connectivity index (χ0) is 25.4. The molecule has 36 heavy (non-hydrogen) atoms. The average Bonchev–Trinajstić information content (AvgIpc) is 3.38. The Morgan fingerprint density at radius 1 is 1.00 bits per heavy atom. The predicted molar refractivity (Wildman–Crippen MR) is 135 cm³/mol. The highest BCUT2D eigenvalue weighted by atomic mass is 32.2. The molecule has 0 unspecified atom stereocenters. The smallest absolute Gasteiger partial charge is 0.337 e. The third kappa shape index (κ3) is 4.33. The number of aromatic carboxylic acids is 1. The lowest BCUT2D eigenvalue weighted by Crippen LogP contribution is -2.29. The Bertz CT molecular complexity index is 1460. The number of nitrogens with one attached hydrogen (secondary N) is 2. The minimum atomic E-state index is -3.88. The van der Waals surface area contributed by atoms with Crippen molar-refractivity contribution in [1.29, 1.82) is 0 Å². The molecule has 0 fully saturated rings. The van der Waals surface area contributed by atoms with Gasteiger partial charge in [-0.05, 0) is 78.1 Å². The second-order valence-electron chi connectivity index (χ2n) is 8.83. The summed E-state index contributed by atoms with van der Waals surface area (Å²) in [5, 5.41) is 12.6. The zero-order valence-corrected chi connectivity index (χ0v) is 20.2. The van der Waals surface area contributed by atoms with Gasteiger partial charge in [0, 0.05) is 17.3 Å². The van der Waals surface area contributed by atoms with Gasteiger partial charge in [-0.2, -0.15) is 0 Å². The lowest BCUT2D eigenvalue weighted by molar-refractivity contribution is 0.0599. The maximum absolute atomic E-state index is 13.1. The number of ether oxygens (including phenoxy) is 1. The Labute approximate surface area is 208 Å². The van der Waals surface area contributed by atoms with Crippen LogP contribution < -0.4 is 10.0 Å². The fourth-order valence-corrected chi connectivity index (χ4v) is 6.00. The summed E-state index contributed by atoms with van der Waals surface area (Å²) < 4.78 is 33.5. The quantitative estimate of drug-likeness (QED) is 0.326. The van der Waals surface area contributed by atoms with Crippen molar-refractivity contribution in [3.63, 3.8) is 0 Å². The van der Waals surface area contributed by atoms with Crippen molar-refractivity contribution in [3.8, 4) is 0 Å². The molecule has 0 bridgehead atoms. The molecule has 3 aromatic rings. The van der Waals surface area contributed by atoms with Crippen LogP contribution in [0.15, 0.2) is 83.8 Å². The molecule has 3 aromatic carbocycles. The number of benzene rings is 3. The Morgan fingerprint density at radius 3 is 2.36 bits per heavy atom. The molecule has 0 saturated heterocycles. The zero-order valence-electron chi connectivity index (χ0n) is 19.3. The monoisotopic (exact) mass is 504 g/mol. The van der Waals surface area contributed by atoms with E-state index < -0.39 is 16.0 Å². The van der Waals surface area contributed by atoms with E-state index in [9.17, 15) is 18.0 Å². The molecule has 1 aliphatic heterocycles. The molecule has 2 aliphatic rings. The van der Waals surface area contributed by atoms with E-state index in [0.717, 1.165) is 23.2 Å². The molecule has 0 radical (unpaired) electrons. The first-order chi connectivity index (χ1) is 17.3. The van der Waals surface area contributed by atoms with Crippen molar-refractivity contribution in [3.05, 3.63) is 101 Å². The van der Waals surface area contributed by atoms with Gasteiger partial charge in [0.25, 0.3) is 10.0 Å². The third-order valence-electron chi connectivity index (χ3n) is 6.72. The summed E-state index contributed by atoms with van der Waals surface area (Å²) >= 11 is 0. The van der Waals surface area contributed by atoms with Crippen LogP contribution in [0.1, 0.15) is 50.2 Å². The summed E-state index contributed by atoms with van der Waals surface area (Å²) in [6.07, 6.45) is 5.08. The molecular weight excluding hydrogens is 480 g/mol. The predicted octanol–water partition coefficient (Wildman–Crippen LogP) is 4.80. The molecule has 3 atom stereocenters. The first-order valence-electron chi connectivity index (χ1n) is 11.4. The van der Waals surface area contributed by atoms with Crippen LogP contribution in [0.25, 0.3) is 0 Å². The maximum atomic E-state index is 13.1. The molecule has 0 spiro atoms. The summed E-state index contributed by atoms with van der Waals surface area (Å²) in [4.78, 5) is 23.0. The minimum Gasteiger partial charge on any atom is -0.478 e. The van der Waals surface area contributed by atoms with Gasteiger partial charge in [0.1, 0.15) is 0 Å². The molecule has 5 rings (SSSR count). The van der Waals surface area contributed by atoms with Crippen molar-refractivity contribution in [2.24, 2.45) is 5.92 Å². The highest BCUT2D eigenvalue weighted by Gasteiger charge is 2.38. The third-order valence-corrected chi connectivity index (χ3v) is 8.10. The standard InChI is InChI=1S/C27H24N2O6S/c1-35-27(32)18-7-5-16(6-8-18)25-22-4-2-3-21(22)23-15-20(13-14-24(23)28-25)36(33,34)29-19-11-9-17(10-12-19)26(30)31/h2-3,5-15,21-22,25,28-29H,4H2,1H3,(H,30,31)/t21-,22+,25+/m0/s1. The number of esters is 1. The van der Waals surface area contributed by atoms with Crippen LogP contribution in [0.5, 0.6) is 0 Å². The average molecular weight is 505 g/mol. The number of carbonyl (C=O) groups excluding carboxylic acids is 1. The number of rotatable bonds is 6. The number of carboxylic acid groups (broad SMARTS) is 1. The van der Waals surface area contributed by atoms with E-state index in [1.807, 2.05) is 12.1 Å². The van der Waals surface area contributed by atoms with Crippen LogP contribution in [0.2, 0.25) is 0 Å². The van der Waals surface area contributed by atoms with Crippen LogP contribution in [-0.2, 0) is 14.8 Å².